The highest BCUT2D eigenvalue weighted by Gasteiger charge is 2.31. The van der Waals surface area contributed by atoms with Crippen molar-refractivity contribution in [1.82, 2.24) is 9.78 Å². The van der Waals surface area contributed by atoms with Crippen LogP contribution in [0.15, 0.2) is 34.9 Å². The van der Waals surface area contributed by atoms with Crippen molar-refractivity contribution in [3.8, 4) is 0 Å². The van der Waals surface area contributed by atoms with Crippen molar-refractivity contribution < 1.29 is 5.11 Å². The van der Waals surface area contributed by atoms with Gasteiger partial charge in [-0.15, -0.1) is 0 Å². The highest BCUT2D eigenvalue weighted by atomic mass is 79.9. The first-order chi connectivity index (χ1) is 8.96. The molecule has 0 aliphatic heterocycles. The van der Waals surface area contributed by atoms with Gasteiger partial charge in [-0.05, 0) is 41.8 Å². The highest BCUT2D eigenvalue weighted by molar-refractivity contribution is 9.10. The summed E-state index contributed by atoms with van der Waals surface area (Å²) in [5.41, 5.74) is 1.80. The Morgan fingerprint density at radius 1 is 1.32 bits per heavy atom. The van der Waals surface area contributed by atoms with Crippen molar-refractivity contribution in [1.29, 1.82) is 0 Å². The van der Waals surface area contributed by atoms with Gasteiger partial charge in [-0.1, -0.05) is 36.8 Å². The fraction of sp³-hybridized carbons (Fsp3) is 0.400. The molecule has 4 heteroatoms. The van der Waals surface area contributed by atoms with Gasteiger partial charge in [0.1, 0.15) is 5.60 Å². The maximum atomic E-state index is 10.9. The van der Waals surface area contributed by atoms with E-state index in [9.17, 15) is 5.11 Å². The van der Waals surface area contributed by atoms with Gasteiger partial charge in [0.2, 0.25) is 0 Å². The predicted octanol–water partition coefficient (Wildman–Crippen LogP) is 3.62. The summed E-state index contributed by atoms with van der Waals surface area (Å²) in [6.07, 6.45) is 2.72. The summed E-state index contributed by atoms with van der Waals surface area (Å²) in [5.74, 6) is 0. The highest BCUT2D eigenvalue weighted by Crippen LogP contribution is 2.34. The summed E-state index contributed by atoms with van der Waals surface area (Å²) in [6, 6.07) is 7.95. The molecular weight excluding hydrogens is 304 g/mol. The quantitative estimate of drug-likeness (QED) is 0.933. The Hall–Kier alpha value is -1.13. The molecule has 1 aromatic carbocycles. The molecule has 0 bridgehead atoms. The first kappa shape index (κ1) is 14.3. The van der Waals surface area contributed by atoms with Gasteiger partial charge in [0.25, 0.3) is 0 Å². The Morgan fingerprint density at radius 3 is 2.53 bits per heavy atom. The molecule has 0 saturated carbocycles. The van der Waals surface area contributed by atoms with Gasteiger partial charge in [-0.25, -0.2) is 0 Å². The number of aromatic nitrogens is 2. The van der Waals surface area contributed by atoms with E-state index < -0.39 is 5.60 Å². The Morgan fingerprint density at radius 2 is 1.95 bits per heavy atom. The third kappa shape index (κ3) is 2.74. The molecule has 2 rings (SSSR count). The molecular formula is C15H19BrN2O. The SMILES string of the molecule is CCCn1ncc(Br)c1C(C)(O)c1ccc(C)cc1. The molecule has 0 spiro atoms. The summed E-state index contributed by atoms with van der Waals surface area (Å²) >= 11 is 3.49. The zero-order chi connectivity index (χ0) is 14.0. The molecule has 0 saturated heterocycles. The van der Waals surface area contributed by atoms with Crippen molar-refractivity contribution in [2.45, 2.75) is 39.3 Å². The molecule has 3 nitrogen and oxygen atoms in total. The molecule has 1 aromatic heterocycles. The number of halogens is 1. The number of rotatable bonds is 4. The van der Waals surface area contributed by atoms with E-state index in [1.807, 2.05) is 42.8 Å². The molecule has 1 unspecified atom stereocenters. The average molecular weight is 323 g/mol. The lowest BCUT2D eigenvalue weighted by Crippen LogP contribution is -2.27. The lowest BCUT2D eigenvalue weighted by Gasteiger charge is -2.26. The summed E-state index contributed by atoms with van der Waals surface area (Å²) < 4.78 is 2.70. The Balaban J connectivity index is 2.49. The second kappa shape index (κ2) is 5.47. The van der Waals surface area contributed by atoms with E-state index in [0.29, 0.717) is 0 Å². The van der Waals surface area contributed by atoms with Crippen molar-refractivity contribution in [2.75, 3.05) is 0 Å². The van der Waals surface area contributed by atoms with Crippen LogP contribution in [0.5, 0.6) is 0 Å². The zero-order valence-corrected chi connectivity index (χ0v) is 13.1. The van der Waals surface area contributed by atoms with Crippen LogP contribution in [-0.4, -0.2) is 14.9 Å². The summed E-state index contributed by atoms with van der Waals surface area (Å²) in [4.78, 5) is 0. The summed E-state index contributed by atoms with van der Waals surface area (Å²) in [7, 11) is 0. The molecule has 0 amide bonds. The topological polar surface area (TPSA) is 38.0 Å². The third-order valence-corrected chi connectivity index (χ3v) is 3.89. The first-order valence-electron chi connectivity index (χ1n) is 6.48. The molecule has 102 valence electrons. The van der Waals surface area contributed by atoms with Crippen LogP contribution in [0.1, 0.15) is 37.1 Å². The van der Waals surface area contributed by atoms with Crippen LogP contribution in [0.4, 0.5) is 0 Å². The van der Waals surface area contributed by atoms with Gasteiger partial charge in [-0.2, -0.15) is 5.10 Å². The smallest absolute Gasteiger partial charge is 0.129 e. The van der Waals surface area contributed by atoms with Crippen LogP contribution in [-0.2, 0) is 12.1 Å². The van der Waals surface area contributed by atoms with E-state index >= 15 is 0 Å². The molecule has 0 aliphatic carbocycles. The van der Waals surface area contributed by atoms with Crippen LogP contribution in [0.3, 0.4) is 0 Å². The largest absolute Gasteiger partial charge is 0.379 e. The van der Waals surface area contributed by atoms with E-state index in [1.54, 1.807) is 6.20 Å². The van der Waals surface area contributed by atoms with Crippen molar-refractivity contribution in [2.24, 2.45) is 0 Å². The van der Waals surface area contributed by atoms with E-state index in [0.717, 1.165) is 28.7 Å². The van der Waals surface area contributed by atoms with E-state index in [4.69, 9.17) is 0 Å². The minimum absolute atomic E-state index is 0.795. The maximum Gasteiger partial charge on any atom is 0.129 e. The number of benzene rings is 1. The van der Waals surface area contributed by atoms with Gasteiger partial charge >= 0.3 is 0 Å². The summed E-state index contributed by atoms with van der Waals surface area (Å²) in [5, 5.41) is 15.3. The monoisotopic (exact) mass is 322 g/mol. The van der Waals surface area contributed by atoms with Crippen molar-refractivity contribution in [3.63, 3.8) is 0 Å². The van der Waals surface area contributed by atoms with Gasteiger partial charge in [0, 0.05) is 6.54 Å². The molecule has 2 aromatic rings. The molecule has 1 atom stereocenters. The average Bonchev–Trinajstić information content (AvgIpc) is 2.72. The van der Waals surface area contributed by atoms with Gasteiger partial charge in [0.15, 0.2) is 0 Å². The summed E-state index contributed by atoms with van der Waals surface area (Å²) in [6.45, 7) is 6.74. The number of nitrogens with zero attached hydrogens (tertiary/aromatic N) is 2. The van der Waals surface area contributed by atoms with Gasteiger partial charge < -0.3 is 5.11 Å². The fourth-order valence-corrected chi connectivity index (χ4v) is 2.92. The van der Waals surface area contributed by atoms with E-state index in [2.05, 4.69) is 28.0 Å². The van der Waals surface area contributed by atoms with Gasteiger partial charge in [-0.3, -0.25) is 4.68 Å². The van der Waals surface area contributed by atoms with Crippen LogP contribution < -0.4 is 0 Å². The molecule has 0 aliphatic rings. The first-order valence-corrected chi connectivity index (χ1v) is 7.27. The lowest BCUT2D eigenvalue weighted by molar-refractivity contribution is 0.0906. The molecule has 1 heterocycles. The Labute approximate surface area is 122 Å². The van der Waals surface area contributed by atoms with Crippen molar-refractivity contribution >= 4 is 15.9 Å². The fourth-order valence-electron chi connectivity index (χ4n) is 2.24. The Kier molecular flexibility index (Phi) is 4.11. The number of hydrogen-bond donors (Lipinski definition) is 1. The van der Waals surface area contributed by atoms with E-state index in [1.165, 1.54) is 5.56 Å². The normalized spacial score (nSPS) is 14.4. The molecule has 1 N–H and O–H groups in total. The van der Waals surface area contributed by atoms with Crippen LogP contribution >= 0.6 is 15.9 Å². The zero-order valence-electron chi connectivity index (χ0n) is 11.5. The standard InChI is InChI=1S/C15H19BrN2O/c1-4-9-18-14(13(16)10-17-18)15(3,19)12-7-5-11(2)6-8-12/h5-8,10,19H,4,9H2,1-3H3. The molecule has 0 radical (unpaired) electrons. The van der Waals surface area contributed by atoms with E-state index in [-0.39, 0.29) is 0 Å². The predicted molar refractivity (Wildman–Crippen MR) is 80.1 cm³/mol. The van der Waals surface area contributed by atoms with Crippen LogP contribution in [0.2, 0.25) is 0 Å². The van der Waals surface area contributed by atoms with Crippen molar-refractivity contribution in [3.05, 3.63) is 51.8 Å². The molecule has 19 heavy (non-hydrogen) atoms. The molecule has 0 fully saturated rings. The Bertz CT molecular complexity index is 558. The second-order valence-electron chi connectivity index (χ2n) is 5.00. The van der Waals surface area contributed by atoms with Crippen LogP contribution in [0.25, 0.3) is 0 Å². The minimum atomic E-state index is -1.06. The lowest BCUT2D eigenvalue weighted by atomic mass is 9.92. The van der Waals surface area contributed by atoms with Crippen LogP contribution in [0, 0.1) is 6.92 Å². The second-order valence-corrected chi connectivity index (χ2v) is 5.86. The van der Waals surface area contributed by atoms with Gasteiger partial charge in [0.05, 0.1) is 16.4 Å². The number of hydrogen-bond acceptors (Lipinski definition) is 2. The maximum absolute atomic E-state index is 10.9. The number of aryl methyl sites for hydroxylation is 2. The number of aliphatic hydroxyl groups is 1. The minimum Gasteiger partial charge on any atom is -0.379 e. The third-order valence-electron chi connectivity index (χ3n) is 3.30.